The van der Waals surface area contributed by atoms with Crippen LogP contribution in [0.15, 0.2) is 0 Å². The summed E-state index contributed by atoms with van der Waals surface area (Å²) in [5.41, 5.74) is 0.384. The Kier molecular flexibility index (Phi) is 3.13. The first-order valence-corrected chi connectivity index (χ1v) is 6.09. The summed E-state index contributed by atoms with van der Waals surface area (Å²) < 4.78 is 5.75. The molecule has 0 aliphatic carbocycles. The molecule has 2 aliphatic heterocycles. The molecule has 2 unspecified atom stereocenters. The number of hydrogen-bond acceptors (Lipinski definition) is 2. The molecule has 0 spiro atoms. The Morgan fingerprint density at radius 3 is 2.79 bits per heavy atom. The molecule has 2 heterocycles. The maximum atomic E-state index is 5.75. The fraction of sp³-hybridized carbons (Fsp3) is 1.00. The molecule has 0 saturated carbocycles. The predicted molar refractivity (Wildman–Crippen MR) is 58.4 cm³/mol. The molecule has 2 fully saturated rings. The van der Waals surface area contributed by atoms with Crippen LogP contribution < -0.4 is 5.32 Å². The van der Waals surface area contributed by atoms with Gasteiger partial charge in [-0.05, 0) is 44.6 Å². The van der Waals surface area contributed by atoms with Crippen molar-refractivity contribution in [3.05, 3.63) is 0 Å². The van der Waals surface area contributed by atoms with Crippen molar-refractivity contribution in [1.82, 2.24) is 5.32 Å². The molecular formula is C12H23NO. The van der Waals surface area contributed by atoms with Crippen LogP contribution in [0, 0.1) is 5.92 Å². The summed E-state index contributed by atoms with van der Waals surface area (Å²) >= 11 is 0. The minimum atomic E-state index is 0.384. The molecule has 2 rings (SSSR count). The molecule has 2 aliphatic rings. The molecule has 0 bridgehead atoms. The Bertz CT molecular complexity index is 179. The second kappa shape index (κ2) is 4.19. The van der Waals surface area contributed by atoms with Gasteiger partial charge in [0.1, 0.15) is 0 Å². The Hall–Kier alpha value is -0.0800. The van der Waals surface area contributed by atoms with E-state index in [4.69, 9.17) is 4.74 Å². The molecular weight excluding hydrogens is 174 g/mol. The van der Waals surface area contributed by atoms with E-state index in [2.05, 4.69) is 19.2 Å². The molecule has 14 heavy (non-hydrogen) atoms. The van der Waals surface area contributed by atoms with Gasteiger partial charge in [-0.25, -0.2) is 0 Å². The molecule has 0 amide bonds. The van der Waals surface area contributed by atoms with Gasteiger partial charge < -0.3 is 10.1 Å². The van der Waals surface area contributed by atoms with E-state index >= 15 is 0 Å². The van der Waals surface area contributed by atoms with Crippen molar-refractivity contribution >= 4 is 0 Å². The first-order chi connectivity index (χ1) is 6.73. The van der Waals surface area contributed by atoms with Gasteiger partial charge in [-0.1, -0.05) is 13.8 Å². The minimum absolute atomic E-state index is 0.384. The van der Waals surface area contributed by atoms with Crippen molar-refractivity contribution in [2.24, 2.45) is 5.92 Å². The van der Waals surface area contributed by atoms with Crippen molar-refractivity contribution < 1.29 is 4.74 Å². The fourth-order valence-corrected chi connectivity index (χ4v) is 2.94. The highest BCUT2D eigenvalue weighted by Crippen LogP contribution is 2.34. The largest absolute Gasteiger partial charge is 0.378 e. The second-order valence-electron chi connectivity index (χ2n) is 5.18. The van der Waals surface area contributed by atoms with Gasteiger partial charge in [0, 0.05) is 12.1 Å². The standard InChI is InChI=1S/C12H23NO/c1-10(2)12(6-4-7-13-12)9-11-5-3-8-14-11/h10-11,13H,3-9H2,1-2H3. The van der Waals surface area contributed by atoms with Crippen LogP contribution in [0.3, 0.4) is 0 Å². The van der Waals surface area contributed by atoms with E-state index in [1.807, 2.05) is 0 Å². The summed E-state index contributed by atoms with van der Waals surface area (Å²) in [7, 11) is 0. The SMILES string of the molecule is CC(C)C1(CC2CCCO2)CCCN1. The highest BCUT2D eigenvalue weighted by atomic mass is 16.5. The van der Waals surface area contributed by atoms with E-state index in [1.165, 1.54) is 38.6 Å². The van der Waals surface area contributed by atoms with Crippen LogP contribution in [0.1, 0.15) is 46.0 Å². The Morgan fingerprint density at radius 1 is 1.43 bits per heavy atom. The summed E-state index contributed by atoms with van der Waals surface area (Å²) in [6.45, 7) is 6.87. The summed E-state index contributed by atoms with van der Waals surface area (Å²) in [5.74, 6) is 0.731. The highest BCUT2D eigenvalue weighted by Gasteiger charge is 2.39. The lowest BCUT2D eigenvalue weighted by molar-refractivity contribution is 0.0666. The van der Waals surface area contributed by atoms with Gasteiger partial charge in [0.05, 0.1) is 6.10 Å². The molecule has 82 valence electrons. The van der Waals surface area contributed by atoms with Crippen molar-refractivity contribution in [2.75, 3.05) is 13.2 Å². The Morgan fingerprint density at radius 2 is 2.29 bits per heavy atom. The molecule has 0 aromatic carbocycles. The zero-order valence-electron chi connectivity index (χ0n) is 9.51. The van der Waals surface area contributed by atoms with Gasteiger partial charge >= 0.3 is 0 Å². The monoisotopic (exact) mass is 197 g/mol. The third-order valence-corrected chi connectivity index (χ3v) is 4.00. The smallest absolute Gasteiger partial charge is 0.0593 e. The first-order valence-electron chi connectivity index (χ1n) is 6.09. The fourth-order valence-electron chi connectivity index (χ4n) is 2.94. The van der Waals surface area contributed by atoms with Crippen LogP contribution in [0.5, 0.6) is 0 Å². The third kappa shape index (κ3) is 1.96. The molecule has 0 radical (unpaired) electrons. The lowest BCUT2D eigenvalue weighted by Crippen LogP contribution is -2.47. The van der Waals surface area contributed by atoms with E-state index in [1.54, 1.807) is 0 Å². The van der Waals surface area contributed by atoms with Gasteiger partial charge in [0.2, 0.25) is 0 Å². The van der Waals surface area contributed by atoms with Crippen molar-refractivity contribution in [1.29, 1.82) is 0 Å². The van der Waals surface area contributed by atoms with Crippen LogP contribution in [0.2, 0.25) is 0 Å². The quantitative estimate of drug-likeness (QED) is 0.750. The van der Waals surface area contributed by atoms with Crippen LogP contribution >= 0.6 is 0 Å². The molecule has 2 atom stereocenters. The van der Waals surface area contributed by atoms with Gasteiger partial charge in [-0.3, -0.25) is 0 Å². The average Bonchev–Trinajstić information content (AvgIpc) is 2.76. The lowest BCUT2D eigenvalue weighted by atomic mass is 9.80. The predicted octanol–water partition coefficient (Wildman–Crippen LogP) is 2.33. The maximum absolute atomic E-state index is 5.75. The van der Waals surface area contributed by atoms with Crippen molar-refractivity contribution in [2.45, 2.75) is 57.6 Å². The number of ether oxygens (including phenoxy) is 1. The maximum Gasteiger partial charge on any atom is 0.0593 e. The lowest BCUT2D eigenvalue weighted by Gasteiger charge is -2.36. The summed E-state index contributed by atoms with van der Waals surface area (Å²) in [6.07, 6.45) is 6.97. The van der Waals surface area contributed by atoms with Crippen LogP contribution in [-0.2, 0) is 4.74 Å². The van der Waals surface area contributed by atoms with Gasteiger partial charge in [-0.2, -0.15) is 0 Å². The number of hydrogen-bond donors (Lipinski definition) is 1. The zero-order chi connectivity index (χ0) is 10.0. The topological polar surface area (TPSA) is 21.3 Å². The third-order valence-electron chi connectivity index (χ3n) is 4.00. The summed E-state index contributed by atoms with van der Waals surface area (Å²) in [5, 5.41) is 3.72. The second-order valence-corrected chi connectivity index (χ2v) is 5.18. The molecule has 2 nitrogen and oxygen atoms in total. The number of rotatable bonds is 3. The highest BCUT2D eigenvalue weighted by molar-refractivity contribution is 4.97. The van der Waals surface area contributed by atoms with Gasteiger partial charge in [-0.15, -0.1) is 0 Å². The summed E-state index contributed by atoms with van der Waals surface area (Å²) in [4.78, 5) is 0. The van der Waals surface area contributed by atoms with E-state index in [-0.39, 0.29) is 0 Å². The first kappa shape index (κ1) is 10.4. The molecule has 2 saturated heterocycles. The zero-order valence-corrected chi connectivity index (χ0v) is 9.51. The minimum Gasteiger partial charge on any atom is -0.378 e. The number of nitrogens with one attached hydrogen (secondary N) is 1. The normalized spacial score (nSPS) is 38.4. The van der Waals surface area contributed by atoms with E-state index in [0.717, 1.165) is 12.5 Å². The average molecular weight is 197 g/mol. The van der Waals surface area contributed by atoms with E-state index in [0.29, 0.717) is 11.6 Å². The molecule has 1 N–H and O–H groups in total. The van der Waals surface area contributed by atoms with E-state index in [9.17, 15) is 0 Å². The molecule has 0 aromatic rings. The van der Waals surface area contributed by atoms with Crippen LogP contribution in [-0.4, -0.2) is 24.8 Å². The Balaban J connectivity index is 1.96. The summed E-state index contributed by atoms with van der Waals surface area (Å²) in [6, 6.07) is 0. The molecule has 2 heteroatoms. The van der Waals surface area contributed by atoms with Crippen molar-refractivity contribution in [3.8, 4) is 0 Å². The molecule has 0 aromatic heterocycles. The van der Waals surface area contributed by atoms with Crippen LogP contribution in [0.25, 0.3) is 0 Å². The van der Waals surface area contributed by atoms with E-state index < -0.39 is 0 Å². The van der Waals surface area contributed by atoms with Gasteiger partial charge in [0.25, 0.3) is 0 Å². The Labute approximate surface area is 87.4 Å². The van der Waals surface area contributed by atoms with Gasteiger partial charge in [0.15, 0.2) is 0 Å². The van der Waals surface area contributed by atoms with Crippen molar-refractivity contribution in [3.63, 3.8) is 0 Å². The van der Waals surface area contributed by atoms with Crippen LogP contribution in [0.4, 0.5) is 0 Å².